The van der Waals surface area contributed by atoms with Crippen LogP contribution in [0.3, 0.4) is 0 Å². The summed E-state index contributed by atoms with van der Waals surface area (Å²) in [6, 6.07) is 8.18. The SMILES string of the molecule is CC(=O)c1ccc(Br)cc1OCc1cc(F)cc(F)c1. The van der Waals surface area contributed by atoms with Gasteiger partial charge in [-0.1, -0.05) is 15.9 Å². The predicted molar refractivity (Wildman–Crippen MR) is 74.8 cm³/mol. The lowest BCUT2D eigenvalue weighted by atomic mass is 10.1. The van der Waals surface area contributed by atoms with Crippen LogP contribution in [0.1, 0.15) is 22.8 Å². The van der Waals surface area contributed by atoms with Crippen molar-refractivity contribution in [3.63, 3.8) is 0 Å². The van der Waals surface area contributed by atoms with Gasteiger partial charge in [-0.05, 0) is 42.8 Å². The monoisotopic (exact) mass is 340 g/mol. The molecule has 0 aliphatic rings. The summed E-state index contributed by atoms with van der Waals surface area (Å²) < 4.78 is 32.4. The van der Waals surface area contributed by atoms with Gasteiger partial charge >= 0.3 is 0 Å². The zero-order valence-corrected chi connectivity index (χ0v) is 12.2. The van der Waals surface area contributed by atoms with Crippen molar-refractivity contribution in [2.45, 2.75) is 13.5 Å². The van der Waals surface area contributed by atoms with E-state index in [1.165, 1.54) is 19.1 Å². The van der Waals surface area contributed by atoms with E-state index in [0.717, 1.165) is 10.5 Å². The van der Waals surface area contributed by atoms with Crippen molar-refractivity contribution in [3.8, 4) is 5.75 Å². The largest absolute Gasteiger partial charge is 0.488 e. The number of hydrogen-bond acceptors (Lipinski definition) is 2. The van der Waals surface area contributed by atoms with Gasteiger partial charge in [-0.3, -0.25) is 4.79 Å². The molecule has 2 aromatic carbocycles. The molecule has 0 radical (unpaired) electrons. The molecule has 0 aliphatic carbocycles. The molecule has 0 N–H and O–H groups in total. The summed E-state index contributed by atoms with van der Waals surface area (Å²) in [7, 11) is 0. The van der Waals surface area contributed by atoms with Gasteiger partial charge in [0.15, 0.2) is 5.78 Å². The molecule has 0 fully saturated rings. The fraction of sp³-hybridized carbons (Fsp3) is 0.133. The third-order valence-corrected chi connectivity index (χ3v) is 3.13. The van der Waals surface area contributed by atoms with Crippen molar-refractivity contribution in [3.05, 3.63) is 63.6 Å². The minimum absolute atomic E-state index is 0.0224. The van der Waals surface area contributed by atoms with Crippen LogP contribution < -0.4 is 4.74 Å². The topological polar surface area (TPSA) is 26.3 Å². The average molecular weight is 341 g/mol. The highest BCUT2D eigenvalue weighted by atomic mass is 79.9. The van der Waals surface area contributed by atoms with Crippen LogP contribution in [0, 0.1) is 11.6 Å². The number of ketones is 1. The molecule has 104 valence electrons. The molecule has 20 heavy (non-hydrogen) atoms. The summed E-state index contributed by atoms with van der Waals surface area (Å²) in [5.41, 5.74) is 0.780. The second kappa shape index (κ2) is 6.13. The Balaban J connectivity index is 2.22. The number of rotatable bonds is 4. The van der Waals surface area contributed by atoms with Crippen LogP contribution in [0.4, 0.5) is 8.78 Å². The highest BCUT2D eigenvalue weighted by Gasteiger charge is 2.10. The van der Waals surface area contributed by atoms with E-state index in [4.69, 9.17) is 4.74 Å². The van der Waals surface area contributed by atoms with Crippen LogP contribution in [-0.2, 0) is 6.61 Å². The zero-order valence-electron chi connectivity index (χ0n) is 10.6. The predicted octanol–water partition coefficient (Wildman–Crippen LogP) is 4.51. The third kappa shape index (κ3) is 3.63. The fourth-order valence-corrected chi connectivity index (χ4v) is 2.10. The Morgan fingerprint density at radius 1 is 1.15 bits per heavy atom. The normalized spacial score (nSPS) is 10.4. The molecule has 0 aliphatic heterocycles. The van der Waals surface area contributed by atoms with Crippen LogP contribution in [0.2, 0.25) is 0 Å². The average Bonchev–Trinajstić information content (AvgIpc) is 2.35. The van der Waals surface area contributed by atoms with E-state index >= 15 is 0 Å². The van der Waals surface area contributed by atoms with Gasteiger partial charge in [0.25, 0.3) is 0 Å². The van der Waals surface area contributed by atoms with Gasteiger partial charge in [-0.15, -0.1) is 0 Å². The van der Waals surface area contributed by atoms with Crippen molar-refractivity contribution in [1.82, 2.24) is 0 Å². The molecule has 0 amide bonds. The van der Waals surface area contributed by atoms with E-state index in [-0.39, 0.29) is 12.4 Å². The number of hydrogen-bond donors (Lipinski definition) is 0. The molecule has 2 nitrogen and oxygen atoms in total. The molecule has 0 atom stereocenters. The number of benzene rings is 2. The summed E-state index contributed by atoms with van der Waals surface area (Å²) in [5, 5.41) is 0. The molecule has 2 aromatic rings. The maximum absolute atomic E-state index is 13.1. The van der Waals surface area contributed by atoms with Crippen LogP contribution in [-0.4, -0.2) is 5.78 Å². The van der Waals surface area contributed by atoms with E-state index in [1.54, 1.807) is 18.2 Å². The lowest BCUT2D eigenvalue weighted by molar-refractivity contribution is 0.101. The van der Waals surface area contributed by atoms with Gasteiger partial charge < -0.3 is 4.74 Å². The Labute approximate surface area is 123 Å². The molecule has 0 heterocycles. The Kier molecular flexibility index (Phi) is 4.49. The number of Topliss-reactive ketones (excluding diaryl/α,β-unsaturated/α-hetero) is 1. The zero-order chi connectivity index (χ0) is 14.7. The Hall–Kier alpha value is -1.75. The Morgan fingerprint density at radius 3 is 2.40 bits per heavy atom. The number of ether oxygens (including phenoxy) is 1. The molecule has 0 bridgehead atoms. The van der Waals surface area contributed by atoms with Crippen LogP contribution in [0.15, 0.2) is 40.9 Å². The van der Waals surface area contributed by atoms with Crippen LogP contribution in [0.5, 0.6) is 5.75 Å². The first-order valence-corrected chi connectivity index (χ1v) is 6.63. The molecule has 0 spiro atoms. The van der Waals surface area contributed by atoms with Crippen molar-refractivity contribution in [1.29, 1.82) is 0 Å². The van der Waals surface area contributed by atoms with Gasteiger partial charge in [-0.25, -0.2) is 8.78 Å². The van der Waals surface area contributed by atoms with Crippen molar-refractivity contribution < 1.29 is 18.3 Å². The summed E-state index contributed by atoms with van der Waals surface area (Å²) >= 11 is 3.28. The van der Waals surface area contributed by atoms with E-state index in [0.29, 0.717) is 16.9 Å². The summed E-state index contributed by atoms with van der Waals surface area (Å²) in [5.74, 6) is -1.09. The van der Waals surface area contributed by atoms with E-state index in [2.05, 4.69) is 15.9 Å². The summed E-state index contributed by atoms with van der Waals surface area (Å²) in [6.45, 7) is 1.41. The summed E-state index contributed by atoms with van der Waals surface area (Å²) in [4.78, 5) is 11.5. The minimum atomic E-state index is -0.662. The van der Waals surface area contributed by atoms with Gasteiger partial charge in [0.1, 0.15) is 24.0 Å². The quantitative estimate of drug-likeness (QED) is 0.765. The standard InChI is InChI=1S/C15H11BrF2O2/c1-9(19)14-3-2-11(16)6-15(14)20-8-10-4-12(17)7-13(18)5-10/h2-7H,8H2,1H3. The first kappa shape index (κ1) is 14.7. The number of halogens is 3. The second-order valence-electron chi connectivity index (χ2n) is 4.26. The van der Waals surface area contributed by atoms with Gasteiger partial charge in [0, 0.05) is 10.5 Å². The highest BCUT2D eigenvalue weighted by molar-refractivity contribution is 9.10. The summed E-state index contributed by atoms with van der Waals surface area (Å²) in [6.07, 6.45) is 0. The van der Waals surface area contributed by atoms with Gasteiger partial charge in [-0.2, -0.15) is 0 Å². The van der Waals surface area contributed by atoms with Gasteiger partial charge in [0.05, 0.1) is 5.56 Å². The van der Waals surface area contributed by atoms with Crippen molar-refractivity contribution >= 4 is 21.7 Å². The Bertz CT molecular complexity index is 636. The van der Waals surface area contributed by atoms with E-state index in [1.807, 2.05) is 0 Å². The van der Waals surface area contributed by atoms with Crippen LogP contribution >= 0.6 is 15.9 Å². The lowest BCUT2D eigenvalue weighted by Gasteiger charge is -2.10. The second-order valence-corrected chi connectivity index (χ2v) is 5.18. The molecule has 0 saturated carbocycles. The minimum Gasteiger partial charge on any atom is -0.488 e. The molecule has 0 aromatic heterocycles. The smallest absolute Gasteiger partial charge is 0.163 e. The molecule has 5 heteroatoms. The van der Waals surface area contributed by atoms with Gasteiger partial charge in [0.2, 0.25) is 0 Å². The van der Waals surface area contributed by atoms with Crippen LogP contribution in [0.25, 0.3) is 0 Å². The maximum Gasteiger partial charge on any atom is 0.163 e. The van der Waals surface area contributed by atoms with E-state index in [9.17, 15) is 13.6 Å². The first-order chi connectivity index (χ1) is 9.45. The molecule has 2 rings (SSSR count). The van der Waals surface area contributed by atoms with E-state index < -0.39 is 11.6 Å². The molecular weight excluding hydrogens is 330 g/mol. The highest BCUT2D eigenvalue weighted by Crippen LogP contribution is 2.25. The molecule has 0 unspecified atom stereocenters. The van der Waals surface area contributed by atoms with Crippen molar-refractivity contribution in [2.75, 3.05) is 0 Å². The fourth-order valence-electron chi connectivity index (χ4n) is 1.76. The molecular formula is C15H11BrF2O2. The number of carbonyl (C=O) groups excluding carboxylic acids is 1. The Morgan fingerprint density at radius 2 is 1.80 bits per heavy atom. The number of carbonyl (C=O) groups is 1. The first-order valence-electron chi connectivity index (χ1n) is 5.84. The lowest BCUT2D eigenvalue weighted by Crippen LogP contribution is -2.02. The van der Waals surface area contributed by atoms with Crippen molar-refractivity contribution in [2.24, 2.45) is 0 Å². The third-order valence-electron chi connectivity index (χ3n) is 2.64. The maximum atomic E-state index is 13.1. The molecule has 0 saturated heterocycles.